The number of methoxy groups -OCH3 is 1. The molecule has 0 saturated carbocycles. The molecular formula is C21H21N3O4S. The van der Waals surface area contributed by atoms with Gasteiger partial charge in [0, 0.05) is 17.2 Å². The zero-order valence-corrected chi connectivity index (χ0v) is 16.6. The monoisotopic (exact) mass is 411 g/mol. The molecular weight excluding hydrogens is 390 g/mol. The van der Waals surface area contributed by atoms with Crippen LogP contribution in [0.25, 0.3) is 6.08 Å². The third kappa shape index (κ3) is 7.11. The lowest BCUT2D eigenvalue weighted by Crippen LogP contribution is -2.48. The summed E-state index contributed by atoms with van der Waals surface area (Å²) in [6.45, 7) is 3.95. The fraction of sp³-hybridized carbons (Fsp3) is 0.0952. The number of thiocarbonyl (C=S) groups is 1. The number of benzene rings is 2. The van der Waals surface area contributed by atoms with Gasteiger partial charge in [0.25, 0.3) is 5.91 Å². The van der Waals surface area contributed by atoms with E-state index in [4.69, 9.17) is 21.7 Å². The summed E-state index contributed by atoms with van der Waals surface area (Å²) in [6.07, 6.45) is 4.55. The minimum absolute atomic E-state index is 0.0426. The Balaban J connectivity index is 1.81. The summed E-state index contributed by atoms with van der Waals surface area (Å²) < 4.78 is 10.6. The highest BCUT2D eigenvalue weighted by molar-refractivity contribution is 7.80. The SMILES string of the molecule is C=CCOc1ccc(C(=O)NNC(=S)NC(=O)C=Cc2ccccc2OC)cc1. The number of para-hydroxylation sites is 1. The zero-order valence-electron chi connectivity index (χ0n) is 15.8. The van der Waals surface area contributed by atoms with Crippen molar-refractivity contribution in [1.82, 2.24) is 16.2 Å². The van der Waals surface area contributed by atoms with E-state index in [0.717, 1.165) is 5.56 Å². The number of hydrazine groups is 1. The largest absolute Gasteiger partial charge is 0.496 e. The molecule has 8 heteroatoms. The standard InChI is InChI=1S/C21H21N3O4S/c1-3-14-28-17-11-8-16(9-12-17)20(26)23-24-21(29)22-19(25)13-10-15-6-4-5-7-18(15)27-2/h3-13H,1,14H2,2H3,(H,23,26)(H2,22,24,25,29). The van der Waals surface area contributed by atoms with Crippen molar-refractivity contribution in [2.45, 2.75) is 0 Å². The van der Waals surface area contributed by atoms with Crippen LogP contribution in [0.3, 0.4) is 0 Å². The average Bonchev–Trinajstić information content (AvgIpc) is 2.75. The Labute approximate surface area is 174 Å². The molecule has 0 spiro atoms. The Hall–Kier alpha value is -3.65. The van der Waals surface area contributed by atoms with Crippen LogP contribution in [0.4, 0.5) is 0 Å². The van der Waals surface area contributed by atoms with Gasteiger partial charge in [0.1, 0.15) is 18.1 Å². The van der Waals surface area contributed by atoms with E-state index in [0.29, 0.717) is 23.7 Å². The number of ether oxygens (including phenoxy) is 2. The van der Waals surface area contributed by atoms with E-state index in [2.05, 4.69) is 22.7 Å². The Morgan fingerprint density at radius 2 is 1.83 bits per heavy atom. The highest BCUT2D eigenvalue weighted by Gasteiger charge is 2.07. The van der Waals surface area contributed by atoms with Gasteiger partial charge in [-0.15, -0.1) is 0 Å². The molecule has 0 aliphatic heterocycles. The van der Waals surface area contributed by atoms with Gasteiger partial charge in [-0.05, 0) is 48.6 Å². The highest BCUT2D eigenvalue weighted by atomic mass is 32.1. The van der Waals surface area contributed by atoms with Crippen molar-refractivity contribution in [2.75, 3.05) is 13.7 Å². The van der Waals surface area contributed by atoms with Crippen molar-refractivity contribution in [3.63, 3.8) is 0 Å². The van der Waals surface area contributed by atoms with E-state index in [-0.39, 0.29) is 5.11 Å². The number of amides is 2. The van der Waals surface area contributed by atoms with Crippen LogP contribution >= 0.6 is 12.2 Å². The minimum atomic E-state index is -0.452. The Bertz CT molecular complexity index is 910. The van der Waals surface area contributed by atoms with Gasteiger partial charge in [-0.2, -0.15) is 0 Å². The van der Waals surface area contributed by atoms with Crippen LogP contribution in [0.15, 0.2) is 67.3 Å². The minimum Gasteiger partial charge on any atom is -0.496 e. The van der Waals surface area contributed by atoms with Crippen molar-refractivity contribution in [3.05, 3.63) is 78.4 Å². The topological polar surface area (TPSA) is 88.7 Å². The van der Waals surface area contributed by atoms with Crippen LogP contribution < -0.4 is 25.6 Å². The average molecular weight is 411 g/mol. The van der Waals surface area contributed by atoms with Gasteiger partial charge in [-0.25, -0.2) is 0 Å². The normalized spacial score (nSPS) is 10.1. The van der Waals surface area contributed by atoms with Gasteiger partial charge in [-0.1, -0.05) is 30.9 Å². The first-order valence-electron chi connectivity index (χ1n) is 8.59. The van der Waals surface area contributed by atoms with Crippen LogP contribution in [-0.4, -0.2) is 30.6 Å². The van der Waals surface area contributed by atoms with E-state index in [1.165, 1.54) is 6.08 Å². The summed E-state index contributed by atoms with van der Waals surface area (Å²) in [5.41, 5.74) is 6.04. The molecule has 2 amide bonds. The molecule has 0 aliphatic carbocycles. The molecule has 0 heterocycles. The molecule has 0 atom stereocenters. The molecule has 0 unspecified atom stereocenters. The van der Waals surface area contributed by atoms with E-state index in [9.17, 15) is 9.59 Å². The Morgan fingerprint density at radius 3 is 2.52 bits per heavy atom. The smallest absolute Gasteiger partial charge is 0.269 e. The molecule has 0 aliphatic rings. The zero-order chi connectivity index (χ0) is 21.1. The van der Waals surface area contributed by atoms with Gasteiger partial charge in [-0.3, -0.25) is 25.8 Å². The van der Waals surface area contributed by atoms with Gasteiger partial charge in [0.2, 0.25) is 5.91 Å². The van der Waals surface area contributed by atoms with E-state index < -0.39 is 11.8 Å². The predicted octanol–water partition coefficient (Wildman–Crippen LogP) is 2.61. The fourth-order valence-electron chi connectivity index (χ4n) is 2.20. The Morgan fingerprint density at radius 1 is 1.10 bits per heavy atom. The number of nitrogens with one attached hydrogen (secondary N) is 3. The third-order valence-corrected chi connectivity index (χ3v) is 3.77. The number of carbonyl (C=O) groups is 2. The summed E-state index contributed by atoms with van der Waals surface area (Å²) >= 11 is 5.00. The van der Waals surface area contributed by atoms with Crippen molar-refractivity contribution in [3.8, 4) is 11.5 Å². The molecule has 3 N–H and O–H groups in total. The van der Waals surface area contributed by atoms with Crippen LogP contribution in [0.5, 0.6) is 11.5 Å². The van der Waals surface area contributed by atoms with Crippen molar-refractivity contribution in [1.29, 1.82) is 0 Å². The van der Waals surface area contributed by atoms with Crippen LogP contribution in [0.1, 0.15) is 15.9 Å². The molecule has 7 nitrogen and oxygen atoms in total. The van der Waals surface area contributed by atoms with E-state index in [1.807, 2.05) is 18.2 Å². The lowest BCUT2D eigenvalue weighted by molar-refractivity contribution is -0.115. The molecule has 0 saturated heterocycles. The number of rotatable bonds is 7. The molecule has 2 aromatic carbocycles. The summed E-state index contributed by atoms with van der Waals surface area (Å²) in [5, 5.41) is 2.39. The maximum absolute atomic E-state index is 12.1. The van der Waals surface area contributed by atoms with Gasteiger partial charge < -0.3 is 9.47 Å². The number of carbonyl (C=O) groups excluding carboxylic acids is 2. The second-order valence-corrected chi connectivity index (χ2v) is 6.01. The molecule has 0 radical (unpaired) electrons. The summed E-state index contributed by atoms with van der Waals surface area (Å²) in [6, 6.07) is 13.8. The third-order valence-electron chi connectivity index (χ3n) is 3.56. The van der Waals surface area contributed by atoms with Crippen LogP contribution in [0, 0.1) is 0 Å². The van der Waals surface area contributed by atoms with Crippen molar-refractivity contribution >= 4 is 35.2 Å². The summed E-state index contributed by atoms with van der Waals surface area (Å²) in [7, 11) is 1.55. The Kier molecular flexibility index (Phi) is 8.40. The predicted molar refractivity (Wildman–Crippen MR) is 116 cm³/mol. The van der Waals surface area contributed by atoms with Crippen molar-refractivity contribution in [2.24, 2.45) is 0 Å². The van der Waals surface area contributed by atoms with Crippen LogP contribution in [0.2, 0.25) is 0 Å². The van der Waals surface area contributed by atoms with Gasteiger partial charge in [0.15, 0.2) is 5.11 Å². The molecule has 29 heavy (non-hydrogen) atoms. The highest BCUT2D eigenvalue weighted by Crippen LogP contribution is 2.18. The lowest BCUT2D eigenvalue weighted by Gasteiger charge is -2.10. The second-order valence-electron chi connectivity index (χ2n) is 5.60. The van der Waals surface area contributed by atoms with Crippen LogP contribution in [-0.2, 0) is 4.79 Å². The van der Waals surface area contributed by atoms with Crippen molar-refractivity contribution < 1.29 is 19.1 Å². The lowest BCUT2D eigenvalue weighted by atomic mass is 10.2. The first-order valence-corrected chi connectivity index (χ1v) is 9.00. The fourth-order valence-corrected chi connectivity index (χ4v) is 2.35. The second kappa shape index (κ2) is 11.3. The first-order chi connectivity index (χ1) is 14.0. The van der Waals surface area contributed by atoms with E-state index >= 15 is 0 Å². The molecule has 0 aromatic heterocycles. The van der Waals surface area contributed by atoms with Gasteiger partial charge in [0.05, 0.1) is 7.11 Å². The molecule has 2 aromatic rings. The number of hydrogen-bond acceptors (Lipinski definition) is 5. The first kappa shape index (κ1) is 21.6. The van der Waals surface area contributed by atoms with Gasteiger partial charge >= 0.3 is 0 Å². The molecule has 2 rings (SSSR count). The molecule has 0 fully saturated rings. The summed E-state index contributed by atoms with van der Waals surface area (Å²) in [5.74, 6) is 0.400. The maximum Gasteiger partial charge on any atom is 0.269 e. The number of hydrogen-bond donors (Lipinski definition) is 3. The molecule has 150 valence electrons. The quantitative estimate of drug-likeness (QED) is 0.281. The maximum atomic E-state index is 12.1. The van der Waals surface area contributed by atoms with E-state index in [1.54, 1.807) is 49.6 Å². The summed E-state index contributed by atoms with van der Waals surface area (Å²) in [4.78, 5) is 24.1. The molecule has 0 bridgehead atoms.